The summed E-state index contributed by atoms with van der Waals surface area (Å²) in [4.78, 5) is 14.3. The van der Waals surface area contributed by atoms with E-state index < -0.39 is 6.10 Å². The van der Waals surface area contributed by atoms with E-state index in [0.29, 0.717) is 17.8 Å². The van der Waals surface area contributed by atoms with Gasteiger partial charge in [0.2, 0.25) is 0 Å². The quantitative estimate of drug-likeness (QED) is 0.855. The first kappa shape index (κ1) is 16.0. The lowest BCUT2D eigenvalue weighted by molar-refractivity contribution is 0.0944. The molecule has 0 saturated carbocycles. The summed E-state index contributed by atoms with van der Waals surface area (Å²) in [5.74, 6) is 0.630. The predicted octanol–water partition coefficient (Wildman–Crippen LogP) is 3.10. The first-order chi connectivity index (χ1) is 11.2. The van der Waals surface area contributed by atoms with Crippen molar-refractivity contribution in [1.82, 2.24) is 5.32 Å². The molecule has 23 heavy (non-hydrogen) atoms. The van der Waals surface area contributed by atoms with Crippen LogP contribution in [0, 0.1) is 0 Å². The van der Waals surface area contributed by atoms with Crippen LogP contribution in [0.1, 0.15) is 44.6 Å². The standard InChI is InChI=1S/C18H21NO3S/c1-22-16-13-8-5-9-15(13)23-17(16)18(21)19-11-10-14(20)12-6-3-2-4-7-12/h2-4,6-7,14,20H,5,8-11H2,1H3,(H,19,21). The fraction of sp³-hybridized carbons (Fsp3) is 0.389. The van der Waals surface area contributed by atoms with Crippen LogP contribution in [0.4, 0.5) is 0 Å². The monoisotopic (exact) mass is 331 g/mol. The number of methoxy groups -OCH3 is 1. The number of aryl methyl sites for hydroxylation is 1. The van der Waals surface area contributed by atoms with Crippen molar-refractivity contribution in [1.29, 1.82) is 0 Å². The minimum Gasteiger partial charge on any atom is -0.495 e. The van der Waals surface area contributed by atoms with Gasteiger partial charge in [-0.3, -0.25) is 4.79 Å². The number of aliphatic hydroxyl groups is 1. The third kappa shape index (κ3) is 3.41. The highest BCUT2D eigenvalue weighted by atomic mass is 32.1. The van der Waals surface area contributed by atoms with Crippen molar-refractivity contribution in [3.8, 4) is 5.75 Å². The fourth-order valence-electron chi connectivity index (χ4n) is 2.99. The number of aliphatic hydroxyl groups excluding tert-OH is 1. The van der Waals surface area contributed by atoms with Crippen LogP contribution in [-0.2, 0) is 12.8 Å². The van der Waals surface area contributed by atoms with Gasteiger partial charge in [0.05, 0.1) is 13.2 Å². The van der Waals surface area contributed by atoms with Crippen LogP contribution in [0.25, 0.3) is 0 Å². The summed E-state index contributed by atoms with van der Waals surface area (Å²) in [5.41, 5.74) is 2.07. The van der Waals surface area contributed by atoms with Gasteiger partial charge in [0.1, 0.15) is 10.6 Å². The van der Waals surface area contributed by atoms with Crippen molar-refractivity contribution >= 4 is 17.2 Å². The highest BCUT2D eigenvalue weighted by Crippen LogP contribution is 2.40. The Labute approximate surface area is 140 Å². The molecule has 1 heterocycles. The Bertz CT molecular complexity index is 681. The lowest BCUT2D eigenvalue weighted by Crippen LogP contribution is -2.25. The number of carbonyl (C=O) groups excluding carboxylic acids is 1. The van der Waals surface area contributed by atoms with Gasteiger partial charge in [-0.2, -0.15) is 0 Å². The molecule has 1 aromatic carbocycles. The summed E-state index contributed by atoms with van der Waals surface area (Å²) in [6, 6.07) is 9.49. The van der Waals surface area contributed by atoms with Gasteiger partial charge in [-0.25, -0.2) is 0 Å². The number of hydrogen-bond donors (Lipinski definition) is 2. The summed E-state index contributed by atoms with van der Waals surface area (Å²) < 4.78 is 5.45. The first-order valence-corrected chi connectivity index (χ1v) is 8.72. The van der Waals surface area contributed by atoms with E-state index in [0.717, 1.165) is 30.6 Å². The molecule has 2 N–H and O–H groups in total. The summed E-state index contributed by atoms with van der Waals surface area (Å²) in [6.45, 7) is 0.431. The summed E-state index contributed by atoms with van der Waals surface area (Å²) >= 11 is 1.54. The van der Waals surface area contributed by atoms with Gasteiger partial charge in [0.25, 0.3) is 5.91 Å². The Morgan fingerprint density at radius 3 is 2.87 bits per heavy atom. The lowest BCUT2D eigenvalue weighted by atomic mass is 10.1. The number of carbonyl (C=O) groups is 1. The van der Waals surface area contributed by atoms with Crippen molar-refractivity contribution in [2.75, 3.05) is 13.7 Å². The van der Waals surface area contributed by atoms with Crippen LogP contribution in [0.15, 0.2) is 30.3 Å². The van der Waals surface area contributed by atoms with Crippen molar-refractivity contribution in [2.45, 2.75) is 31.8 Å². The molecule has 3 rings (SSSR count). The number of ether oxygens (including phenoxy) is 1. The molecule has 5 heteroatoms. The van der Waals surface area contributed by atoms with Crippen LogP contribution in [0.3, 0.4) is 0 Å². The van der Waals surface area contributed by atoms with E-state index in [1.54, 1.807) is 7.11 Å². The molecule has 1 amide bonds. The van der Waals surface area contributed by atoms with Gasteiger partial charge in [0, 0.05) is 17.0 Å². The maximum absolute atomic E-state index is 12.4. The lowest BCUT2D eigenvalue weighted by Gasteiger charge is -2.11. The highest BCUT2D eigenvalue weighted by Gasteiger charge is 2.26. The smallest absolute Gasteiger partial charge is 0.265 e. The molecular weight excluding hydrogens is 310 g/mol. The second kappa shape index (κ2) is 7.15. The van der Waals surface area contributed by atoms with Crippen LogP contribution in [0.5, 0.6) is 5.75 Å². The topological polar surface area (TPSA) is 58.6 Å². The molecule has 0 saturated heterocycles. The Balaban J connectivity index is 1.58. The Morgan fingerprint density at radius 2 is 2.13 bits per heavy atom. The third-order valence-corrected chi connectivity index (χ3v) is 5.44. The van der Waals surface area contributed by atoms with Crippen molar-refractivity contribution in [3.05, 3.63) is 51.2 Å². The molecular formula is C18H21NO3S. The molecule has 2 aromatic rings. The SMILES string of the molecule is COc1c(C(=O)NCCC(O)c2ccccc2)sc2c1CCC2. The van der Waals surface area contributed by atoms with Crippen molar-refractivity contribution < 1.29 is 14.6 Å². The molecule has 1 aliphatic carbocycles. The van der Waals surface area contributed by atoms with E-state index in [1.807, 2.05) is 30.3 Å². The number of thiophene rings is 1. The molecule has 1 aromatic heterocycles. The van der Waals surface area contributed by atoms with Gasteiger partial charge < -0.3 is 15.2 Å². The molecule has 0 radical (unpaired) electrons. The van der Waals surface area contributed by atoms with E-state index in [4.69, 9.17) is 4.74 Å². The number of amides is 1. The summed E-state index contributed by atoms with van der Waals surface area (Å²) in [5, 5.41) is 13.0. The van der Waals surface area contributed by atoms with Gasteiger partial charge in [-0.15, -0.1) is 11.3 Å². The zero-order valence-corrected chi connectivity index (χ0v) is 14.0. The maximum Gasteiger partial charge on any atom is 0.265 e. The van der Waals surface area contributed by atoms with Gasteiger partial charge in [-0.1, -0.05) is 30.3 Å². The Morgan fingerprint density at radius 1 is 1.35 bits per heavy atom. The third-order valence-electron chi connectivity index (χ3n) is 4.17. The molecule has 1 aliphatic rings. The number of benzene rings is 1. The molecule has 1 atom stereocenters. The molecule has 4 nitrogen and oxygen atoms in total. The molecule has 0 spiro atoms. The minimum absolute atomic E-state index is 0.110. The van der Waals surface area contributed by atoms with Gasteiger partial charge >= 0.3 is 0 Å². The predicted molar refractivity (Wildman–Crippen MR) is 91.2 cm³/mol. The zero-order valence-electron chi connectivity index (χ0n) is 13.2. The fourth-order valence-corrected chi connectivity index (χ4v) is 4.26. The average Bonchev–Trinajstić information content (AvgIpc) is 3.16. The molecule has 0 bridgehead atoms. The van der Waals surface area contributed by atoms with E-state index in [1.165, 1.54) is 21.8 Å². The van der Waals surface area contributed by atoms with Crippen LogP contribution < -0.4 is 10.1 Å². The van der Waals surface area contributed by atoms with Gasteiger partial charge in [-0.05, 0) is 31.2 Å². The van der Waals surface area contributed by atoms with Crippen LogP contribution in [0.2, 0.25) is 0 Å². The van der Waals surface area contributed by atoms with E-state index >= 15 is 0 Å². The largest absolute Gasteiger partial charge is 0.495 e. The minimum atomic E-state index is -0.563. The second-order valence-corrected chi connectivity index (χ2v) is 6.80. The van der Waals surface area contributed by atoms with E-state index in [2.05, 4.69) is 5.32 Å². The molecule has 0 fully saturated rings. The molecule has 0 aliphatic heterocycles. The number of fused-ring (bicyclic) bond motifs is 1. The Kier molecular flexibility index (Phi) is 4.98. The van der Waals surface area contributed by atoms with Crippen molar-refractivity contribution in [3.63, 3.8) is 0 Å². The number of hydrogen-bond acceptors (Lipinski definition) is 4. The summed E-state index contributed by atoms with van der Waals surface area (Å²) in [6.07, 6.45) is 3.10. The van der Waals surface area contributed by atoms with Gasteiger partial charge in [0.15, 0.2) is 0 Å². The average molecular weight is 331 g/mol. The molecule has 122 valence electrons. The molecule has 1 unspecified atom stereocenters. The Hall–Kier alpha value is -1.85. The highest BCUT2D eigenvalue weighted by molar-refractivity contribution is 7.14. The summed E-state index contributed by atoms with van der Waals surface area (Å²) in [7, 11) is 1.62. The zero-order chi connectivity index (χ0) is 16.2. The van der Waals surface area contributed by atoms with Crippen LogP contribution in [-0.4, -0.2) is 24.7 Å². The van der Waals surface area contributed by atoms with Crippen LogP contribution >= 0.6 is 11.3 Å². The first-order valence-electron chi connectivity index (χ1n) is 7.90. The maximum atomic E-state index is 12.4. The number of rotatable bonds is 6. The second-order valence-electron chi connectivity index (χ2n) is 5.69. The van der Waals surface area contributed by atoms with E-state index in [-0.39, 0.29) is 5.91 Å². The van der Waals surface area contributed by atoms with E-state index in [9.17, 15) is 9.90 Å². The number of nitrogens with one attached hydrogen (secondary N) is 1. The van der Waals surface area contributed by atoms with Crippen molar-refractivity contribution in [2.24, 2.45) is 0 Å². The normalized spacial score (nSPS) is 14.3.